The monoisotopic (exact) mass is 246 g/mol. The molecule has 1 spiro atoms. The third-order valence-electron chi connectivity index (χ3n) is 3.23. The van der Waals surface area contributed by atoms with E-state index in [1.807, 2.05) is 0 Å². The minimum Gasteiger partial charge on any atom is -0.455 e. The molecular formula is C9H10O4S2. The first-order valence-corrected chi connectivity index (χ1v) is 7.44. The Balaban J connectivity index is 2.09. The molecule has 2 fully saturated rings. The molecule has 0 amide bonds. The molecule has 6 heteroatoms. The summed E-state index contributed by atoms with van der Waals surface area (Å²) in [4.78, 5) is 11.3. The first-order chi connectivity index (χ1) is 7.14. The van der Waals surface area contributed by atoms with Gasteiger partial charge in [0.05, 0.1) is 5.92 Å². The quantitative estimate of drug-likeness (QED) is 0.435. The zero-order valence-electron chi connectivity index (χ0n) is 7.88. The van der Waals surface area contributed by atoms with Gasteiger partial charge in [0.15, 0.2) is 4.08 Å². The largest absolute Gasteiger partial charge is 0.455 e. The second-order valence-electron chi connectivity index (χ2n) is 3.96. The Morgan fingerprint density at radius 1 is 1.27 bits per heavy atom. The highest BCUT2D eigenvalue weighted by Crippen LogP contribution is 2.45. The molecule has 0 saturated carbocycles. The first-order valence-electron chi connectivity index (χ1n) is 4.80. The Labute approximate surface area is 92.0 Å². The van der Waals surface area contributed by atoms with Crippen LogP contribution in [-0.4, -0.2) is 36.1 Å². The van der Waals surface area contributed by atoms with Crippen molar-refractivity contribution >= 4 is 27.6 Å². The number of ether oxygens (including phenoxy) is 1. The van der Waals surface area contributed by atoms with Gasteiger partial charge in [0, 0.05) is 33.1 Å². The van der Waals surface area contributed by atoms with Crippen molar-refractivity contribution in [2.45, 2.75) is 16.6 Å². The van der Waals surface area contributed by atoms with Crippen LogP contribution in [-0.2, 0) is 31.1 Å². The van der Waals surface area contributed by atoms with Crippen molar-refractivity contribution in [2.24, 2.45) is 5.92 Å². The lowest BCUT2D eigenvalue weighted by Gasteiger charge is -2.42. The standard InChI is InChI=1S/C9H10O4S2/c10-8-6-1-2-7(13-8)9(5-6)14(11)3-4-15(9)12/h1-2,6-7H,3-5H2/t6-,7+,9?,14-,15+/m0/s1. The van der Waals surface area contributed by atoms with E-state index < -0.39 is 31.8 Å². The van der Waals surface area contributed by atoms with Crippen LogP contribution in [0.2, 0.25) is 0 Å². The van der Waals surface area contributed by atoms with E-state index in [-0.39, 0.29) is 11.9 Å². The van der Waals surface area contributed by atoms with Gasteiger partial charge < -0.3 is 4.74 Å². The zero-order valence-corrected chi connectivity index (χ0v) is 9.51. The predicted molar refractivity (Wildman–Crippen MR) is 55.9 cm³/mol. The van der Waals surface area contributed by atoms with Crippen molar-refractivity contribution in [3.8, 4) is 0 Å². The molecule has 4 aliphatic rings. The normalized spacial score (nSPS) is 52.4. The van der Waals surface area contributed by atoms with Gasteiger partial charge in [0.25, 0.3) is 0 Å². The van der Waals surface area contributed by atoms with Gasteiger partial charge in [-0.2, -0.15) is 0 Å². The highest BCUT2D eigenvalue weighted by atomic mass is 32.3. The first kappa shape index (κ1) is 9.72. The second kappa shape index (κ2) is 3.01. The number of hydrogen-bond acceptors (Lipinski definition) is 4. The summed E-state index contributed by atoms with van der Waals surface area (Å²) in [5.74, 6) is 0.303. The van der Waals surface area contributed by atoms with Gasteiger partial charge in [-0.1, -0.05) is 6.08 Å². The fourth-order valence-electron chi connectivity index (χ4n) is 2.42. The molecular weight excluding hydrogens is 236 g/mol. The van der Waals surface area contributed by atoms with Gasteiger partial charge in [-0.25, -0.2) is 0 Å². The number of fused-ring (bicyclic) bond motifs is 1. The second-order valence-corrected chi connectivity index (χ2v) is 7.88. The Bertz CT molecular complexity index is 398. The molecule has 4 rings (SSSR count). The number of hydrogen-bond donors (Lipinski definition) is 0. The van der Waals surface area contributed by atoms with E-state index in [1.54, 1.807) is 12.2 Å². The van der Waals surface area contributed by atoms with Crippen molar-refractivity contribution in [3.63, 3.8) is 0 Å². The van der Waals surface area contributed by atoms with Gasteiger partial charge in [0.1, 0.15) is 6.10 Å². The van der Waals surface area contributed by atoms with Crippen LogP contribution >= 0.6 is 0 Å². The molecule has 0 aromatic heterocycles. The molecule has 0 radical (unpaired) electrons. The smallest absolute Gasteiger partial charge is 0.313 e. The summed E-state index contributed by atoms with van der Waals surface area (Å²) in [7, 11) is -2.28. The van der Waals surface area contributed by atoms with Crippen molar-refractivity contribution in [1.82, 2.24) is 0 Å². The molecule has 15 heavy (non-hydrogen) atoms. The summed E-state index contributed by atoms with van der Waals surface area (Å²) < 4.78 is 28.3. The molecule has 0 N–H and O–H groups in total. The van der Waals surface area contributed by atoms with Crippen LogP contribution in [0.1, 0.15) is 6.42 Å². The summed E-state index contributed by atoms with van der Waals surface area (Å²) in [6.45, 7) is 0. The van der Waals surface area contributed by atoms with E-state index in [0.29, 0.717) is 17.9 Å². The van der Waals surface area contributed by atoms with Crippen molar-refractivity contribution in [2.75, 3.05) is 11.5 Å². The van der Waals surface area contributed by atoms with Crippen LogP contribution < -0.4 is 0 Å². The van der Waals surface area contributed by atoms with E-state index in [0.717, 1.165) is 0 Å². The summed E-state index contributed by atoms with van der Waals surface area (Å²) in [6.07, 6.45) is 3.41. The Morgan fingerprint density at radius 3 is 2.40 bits per heavy atom. The van der Waals surface area contributed by atoms with Gasteiger partial charge >= 0.3 is 5.97 Å². The Hall–Kier alpha value is -0.490. The molecule has 1 aliphatic carbocycles. The van der Waals surface area contributed by atoms with Crippen LogP contribution in [0.25, 0.3) is 0 Å². The van der Waals surface area contributed by atoms with Crippen molar-refractivity contribution in [1.29, 1.82) is 0 Å². The number of carbonyl (C=O) groups is 1. The number of carbonyl (C=O) groups excluding carboxylic acids is 1. The fraction of sp³-hybridized carbons (Fsp3) is 0.667. The molecule has 3 aliphatic heterocycles. The van der Waals surface area contributed by atoms with Gasteiger partial charge in [0.2, 0.25) is 0 Å². The van der Waals surface area contributed by atoms with E-state index in [4.69, 9.17) is 4.74 Å². The van der Waals surface area contributed by atoms with Crippen LogP contribution in [0.5, 0.6) is 0 Å². The topological polar surface area (TPSA) is 60.4 Å². The summed E-state index contributed by atoms with van der Waals surface area (Å²) >= 11 is 0. The minimum absolute atomic E-state index is 0.269. The molecule has 2 saturated heterocycles. The van der Waals surface area contributed by atoms with Crippen LogP contribution in [0.4, 0.5) is 0 Å². The maximum Gasteiger partial charge on any atom is 0.313 e. The fourth-order valence-corrected chi connectivity index (χ4v) is 7.16. The average molecular weight is 246 g/mol. The van der Waals surface area contributed by atoms with E-state index in [2.05, 4.69) is 0 Å². The number of rotatable bonds is 0. The highest BCUT2D eigenvalue weighted by molar-refractivity contribution is 8.07. The molecule has 0 aromatic carbocycles. The average Bonchev–Trinajstić information content (AvgIpc) is 2.50. The lowest BCUT2D eigenvalue weighted by Crippen LogP contribution is -2.56. The van der Waals surface area contributed by atoms with Crippen LogP contribution in [0.3, 0.4) is 0 Å². The van der Waals surface area contributed by atoms with Crippen LogP contribution in [0.15, 0.2) is 12.2 Å². The predicted octanol–water partition coefficient (Wildman–Crippen LogP) is -0.305. The zero-order chi connectivity index (χ0) is 10.6. The van der Waals surface area contributed by atoms with Gasteiger partial charge in [-0.3, -0.25) is 13.2 Å². The van der Waals surface area contributed by atoms with E-state index in [9.17, 15) is 13.2 Å². The molecule has 0 aromatic rings. The lowest BCUT2D eigenvalue weighted by atomic mass is 9.90. The minimum atomic E-state index is -1.14. The third kappa shape index (κ3) is 1.09. The van der Waals surface area contributed by atoms with Crippen molar-refractivity contribution < 1.29 is 17.9 Å². The number of esters is 1. The summed E-state index contributed by atoms with van der Waals surface area (Å²) in [6, 6.07) is 0. The van der Waals surface area contributed by atoms with Crippen molar-refractivity contribution in [3.05, 3.63) is 12.2 Å². The molecule has 2 bridgehead atoms. The summed E-state index contributed by atoms with van der Waals surface area (Å²) in [5.41, 5.74) is 0. The van der Waals surface area contributed by atoms with Gasteiger partial charge in [-0.15, -0.1) is 0 Å². The highest BCUT2D eigenvalue weighted by Gasteiger charge is 2.60. The Kier molecular flexibility index (Phi) is 1.95. The Morgan fingerprint density at radius 2 is 1.93 bits per heavy atom. The molecule has 1 unspecified atom stereocenters. The van der Waals surface area contributed by atoms with E-state index in [1.165, 1.54) is 0 Å². The van der Waals surface area contributed by atoms with E-state index >= 15 is 0 Å². The maximum atomic E-state index is 12.0. The van der Waals surface area contributed by atoms with Gasteiger partial charge in [-0.05, 0) is 12.5 Å². The summed E-state index contributed by atoms with van der Waals surface area (Å²) in [5, 5.41) is 0. The molecule has 82 valence electrons. The third-order valence-corrected chi connectivity index (χ3v) is 8.09. The van der Waals surface area contributed by atoms with Crippen LogP contribution in [0, 0.1) is 5.92 Å². The SMILES string of the molecule is O=C1O[C@@H]2C=C[C@H]1CC21[S@](=O)CC[S@@]1=O. The molecule has 3 heterocycles. The lowest BCUT2D eigenvalue weighted by molar-refractivity contribution is -0.157. The molecule has 4 nitrogen and oxygen atoms in total. The maximum absolute atomic E-state index is 12.0. The molecule has 5 atom stereocenters.